The highest BCUT2D eigenvalue weighted by molar-refractivity contribution is 5.90. The van der Waals surface area contributed by atoms with Crippen LogP contribution in [0.5, 0.6) is 0 Å². The van der Waals surface area contributed by atoms with Crippen LogP contribution in [0.15, 0.2) is 51.7 Å². The van der Waals surface area contributed by atoms with Crippen molar-refractivity contribution in [3.63, 3.8) is 0 Å². The standard InChI is InChI=1S/C20H22N2O2/c21-14-7-5-13(6-8-14)12-22-15-9-10-17-19(11-15)24-18-4-2-1-3-16(18)20(17)23/h1-4,9-11,13-14,22H,5-8,12,21H2. The number of hydrogen-bond acceptors (Lipinski definition) is 4. The molecule has 0 bridgehead atoms. The molecule has 0 amide bonds. The van der Waals surface area contributed by atoms with Crippen molar-refractivity contribution in [1.82, 2.24) is 0 Å². The summed E-state index contributed by atoms with van der Waals surface area (Å²) in [5.41, 5.74) is 8.25. The zero-order valence-corrected chi connectivity index (χ0v) is 13.6. The second kappa shape index (κ2) is 6.29. The van der Waals surface area contributed by atoms with Gasteiger partial charge in [-0.1, -0.05) is 12.1 Å². The summed E-state index contributed by atoms with van der Waals surface area (Å²) in [7, 11) is 0. The number of hydrogen-bond donors (Lipinski definition) is 2. The maximum Gasteiger partial charge on any atom is 0.200 e. The molecule has 1 saturated carbocycles. The summed E-state index contributed by atoms with van der Waals surface area (Å²) in [6.45, 7) is 0.941. The van der Waals surface area contributed by atoms with E-state index in [0.29, 0.717) is 33.9 Å². The van der Waals surface area contributed by atoms with Gasteiger partial charge in [0.25, 0.3) is 0 Å². The second-order valence-corrected chi connectivity index (χ2v) is 6.80. The molecule has 24 heavy (non-hydrogen) atoms. The first-order valence-corrected chi connectivity index (χ1v) is 8.66. The van der Waals surface area contributed by atoms with Crippen LogP contribution < -0.4 is 16.5 Å². The molecular weight excluding hydrogens is 300 g/mol. The Bertz CT molecular complexity index is 924. The quantitative estimate of drug-likeness (QED) is 0.718. The van der Waals surface area contributed by atoms with Crippen LogP contribution in [0.3, 0.4) is 0 Å². The lowest BCUT2D eigenvalue weighted by Crippen LogP contribution is -2.29. The number of anilines is 1. The van der Waals surface area contributed by atoms with Crippen LogP contribution in [0.2, 0.25) is 0 Å². The Kier molecular flexibility index (Phi) is 3.98. The molecule has 1 aromatic heterocycles. The predicted molar refractivity (Wildman–Crippen MR) is 98.4 cm³/mol. The van der Waals surface area contributed by atoms with Gasteiger partial charge in [0.2, 0.25) is 5.43 Å². The van der Waals surface area contributed by atoms with Gasteiger partial charge in [-0.15, -0.1) is 0 Å². The Morgan fingerprint density at radius 1 is 1.00 bits per heavy atom. The van der Waals surface area contributed by atoms with Gasteiger partial charge in [-0.25, -0.2) is 0 Å². The van der Waals surface area contributed by atoms with Gasteiger partial charge in [0, 0.05) is 24.3 Å². The molecule has 2 aromatic carbocycles. The molecule has 1 aliphatic carbocycles. The Hall–Kier alpha value is -2.33. The van der Waals surface area contributed by atoms with Gasteiger partial charge < -0.3 is 15.5 Å². The highest BCUT2D eigenvalue weighted by Crippen LogP contribution is 2.25. The van der Waals surface area contributed by atoms with Crippen molar-refractivity contribution in [3.05, 3.63) is 52.7 Å². The van der Waals surface area contributed by atoms with Gasteiger partial charge in [-0.2, -0.15) is 0 Å². The SMILES string of the molecule is NC1CCC(CNc2ccc3c(=O)c4ccccc4oc3c2)CC1. The van der Waals surface area contributed by atoms with Gasteiger partial charge in [0.05, 0.1) is 10.8 Å². The van der Waals surface area contributed by atoms with E-state index in [1.807, 2.05) is 36.4 Å². The summed E-state index contributed by atoms with van der Waals surface area (Å²) < 4.78 is 5.92. The molecule has 1 aliphatic rings. The summed E-state index contributed by atoms with van der Waals surface area (Å²) in [6.07, 6.45) is 4.60. The third-order valence-corrected chi connectivity index (χ3v) is 5.06. The Morgan fingerprint density at radius 2 is 1.75 bits per heavy atom. The van der Waals surface area contributed by atoms with Crippen molar-refractivity contribution in [2.45, 2.75) is 31.7 Å². The van der Waals surface area contributed by atoms with Crippen LogP contribution >= 0.6 is 0 Å². The largest absolute Gasteiger partial charge is 0.456 e. The first-order valence-electron chi connectivity index (χ1n) is 8.66. The van der Waals surface area contributed by atoms with E-state index >= 15 is 0 Å². The normalized spacial score (nSPS) is 21.2. The molecule has 4 rings (SSSR count). The first kappa shape index (κ1) is 15.2. The Balaban J connectivity index is 1.59. The second-order valence-electron chi connectivity index (χ2n) is 6.80. The number of benzene rings is 2. The molecule has 4 nitrogen and oxygen atoms in total. The third-order valence-electron chi connectivity index (χ3n) is 5.06. The molecule has 0 aliphatic heterocycles. The number of para-hydroxylation sites is 1. The van der Waals surface area contributed by atoms with Crippen LogP contribution in [-0.4, -0.2) is 12.6 Å². The summed E-state index contributed by atoms with van der Waals surface area (Å²) in [5, 5.41) is 4.74. The number of nitrogens with one attached hydrogen (secondary N) is 1. The van der Waals surface area contributed by atoms with Crippen LogP contribution in [0.1, 0.15) is 25.7 Å². The fraction of sp³-hybridized carbons (Fsp3) is 0.350. The molecule has 3 N–H and O–H groups in total. The monoisotopic (exact) mass is 322 g/mol. The third kappa shape index (κ3) is 2.89. The minimum atomic E-state index is 0.0275. The van der Waals surface area contributed by atoms with E-state index in [0.717, 1.165) is 25.1 Å². The maximum atomic E-state index is 12.5. The Labute approximate surface area is 140 Å². The summed E-state index contributed by atoms with van der Waals surface area (Å²) >= 11 is 0. The molecule has 1 fully saturated rings. The number of fused-ring (bicyclic) bond motifs is 2. The predicted octanol–water partition coefficient (Wildman–Crippen LogP) is 3.88. The maximum absolute atomic E-state index is 12.5. The van der Waals surface area contributed by atoms with E-state index in [-0.39, 0.29) is 5.43 Å². The topological polar surface area (TPSA) is 68.3 Å². The van der Waals surface area contributed by atoms with Crippen LogP contribution in [0.4, 0.5) is 5.69 Å². The lowest BCUT2D eigenvalue weighted by molar-refractivity contribution is 0.339. The first-order chi connectivity index (χ1) is 11.7. The summed E-state index contributed by atoms with van der Waals surface area (Å²) in [6, 6.07) is 13.5. The van der Waals surface area contributed by atoms with Gasteiger partial charge in [0.15, 0.2) is 0 Å². The van der Waals surface area contributed by atoms with Crippen LogP contribution in [0.25, 0.3) is 21.9 Å². The van der Waals surface area contributed by atoms with Gasteiger partial charge >= 0.3 is 0 Å². The lowest BCUT2D eigenvalue weighted by atomic mass is 9.86. The fourth-order valence-electron chi connectivity index (χ4n) is 3.57. The smallest absolute Gasteiger partial charge is 0.200 e. The van der Waals surface area contributed by atoms with E-state index < -0.39 is 0 Å². The molecular formula is C20H22N2O2. The lowest BCUT2D eigenvalue weighted by Gasteiger charge is -2.26. The van der Waals surface area contributed by atoms with Crippen LogP contribution in [0, 0.1) is 5.92 Å². The van der Waals surface area contributed by atoms with E-state index in [1.165, 1.54) is 12.8 Å². The highest BCUT2D eigenvalue weighted by Gasteiger charge is 2.18. The molecule has 0 unspecified atom stereocenters. The van der Waals surface area contributed by atoms with Crippen molar-refractivity contribution in [1.29, 1.82) is 0 Å². The molecule has 124 valence electrons. The van der Waals surface area contributed by atoms with E-state index in [1.54, 1.807) is 6.07 Å². The van der Waals surface area contributed by atoms with E-state index in [9.17, 15) is 4.79 Å². The molecule has 1 heterocycles. The van der Waals surface area contributed by atoms with E-state index in [2.05, 4.69) is 5.32 Å². The zero-order chi connectivity index (χ0) is 16.5. The summed E-state index contributed by atoms with van der Waals surface area (Å²) in [4.78, 5) is 12.5. The zero-order valence-electron chi connectivity index (χ0n) is 13.6. The minimum absolute atomic E-state index is 0.0275. The molecule has 0 spiro atoms. The van der Waals surface area contributed by atoms with Crippen molar-refractivity contribution in [2.75, 3.05) is 11.9 Å². The molecule has 4 heteroatoms. The van der Waals surface area contributed by atoms with Crippen molar-refractivity contribution < 1.29 is 4.42 Å². The highest BCUT2D eigenvalue weighted by atomic mass is 16.3. The van der Waals surface area contributed by atoms with Crippen molar-refractivity contribution >= 4 is 27.6 Å². The average Bonchev–Trinajstić information content (AvgIpc) is 2.61. The van der Waals surface area contributed by atoms with Gasteiger partial charge in [-0.05, 0) is 55.9 Å². The minimum Gasteiger partial charge on any atom is -0.456 e. The van der Waals surface area contributed by atoms with Crippen molar-refractivity contribution in [2.24, 2.45) is 11.7 Å². The molecule has 0 radical (unpaired) electrons. The van der Waals surface area contributed by atoms with Gasteiger partial charge in [-0.3, -0.25) is 4.79 Å². The van der Waals surface area contributed by atoms with Crippen molar-refractivity contribution in [3.8, 4) is 0 Å². The molecule has 0 atom stereocenters. The molecule has 3 aromatic rings. The molecule has 0 saturated heterocycles. The number of rotatable bonds is 3. The van der Waals surface area contributed by atoms with E-state index in [4.69, 9.17) is 10.2 Å². The number of nitrogens with two attached hydrogens (primary N) is 1. The average molecular weight is 322 g/mol. The Morgan fingerprint density at radius 3 is 2.58 bits per heavy atom. The fourth-order valence-corrected chi connectivity index (χ4v) is 3.57. The van der Waals surface area contributed by atoms with Gasteiger partial charge in [0.1, 0.15) is 11.2 Å². The summed E-state index contributed by atoms with van der Waals surface area (Å²) in [5.74, 6) is 0.670. The van der Waals surface area contributed by atoms with Crippen LogP contribution in [-0.2, 0) is 0 Å².